The van der Waals surface area contributed by atoms with E-state index in [4.69, 9.17) is 0 Å². The van der Waals surface area contributed by atoms with E-state index in [2.05, 4.69) is 9.47 Å². The molecule has 0 heterocycles. The van der Waals surface area contributed by atoms with Gasteiger partial charge in [0.15, 0.2) is 0 Å². The summed E-state index contributed by atoms with van der Waals surface area (Å²) in [5.74, 6) is -1.80. The van der Waals surface area contributed by atoms with Crippen LogP contribution in [0.4, 0.5) is 0 Å². The minimum Gasteiger partial charge on any atom is -0.469 e. The summed E-state index contributed by atoms with van der Waals surface area (Å²) < 4.78 is 9.04. The largest absolute Gasteiger partial charge is 0.469 e. The molecule has 0 unspecified atom stereocenters. The van der Waals surface area contributed by atoms with Gasteiger partial charge in [-0.15, -0.1) is 0 Å². The quantitative estimate of drug-likeness (QED) is 0.605. The average Bonchev–Trinajstić information content (AvgIpc) is 2.34. The van der Waals surface area contributed by atoms with Crippen LogP contribution in [0.5, 0.6) is 0 Å². The standard InChI is InChI=1S/C12H20O5/c1-4-5-6-10(13)7-9(12(15)17-3)8-11(14)16-2/h9H,4-8H2,1-3H3/t9-/m0/s1. The van der Waals surface area contributed by atoms with Crippen LogP contribution in [0.15, 0.2) is 0 Å². The van der Waals surface area contributed by atoms with Gasteiger partial charge in [-0.25, -0.2) is 0 Å². The van der Waals surface area contributed by atoms with Crippen molar-refractivity contribution in [1.82, 2.24) is 0 Å². The van der Waals surface area contributed by atoms with E-state index in [1.807, 2.05) is 6.92 Å². The van der Waals surface area contributed by atoms with E-state index < -0.39 is 17.9 Å². The molecule has 17 heavy (non-hydrogen) atoms. The number of hydrogen-bond acceptors (Lipinski definition) is 5. The predicted octanol–water partition coefficient (Wildman–Crippen LogP) is 1.49. The van der Waals surface area contributed by atoms with Gasteiger partial charge in [0.25, 0.3) is 0 Å². The van der Waals surface area contributed by atoms with E-state index in [0.29, 0.717) is 6.42 Å². The topological polar surface area (TPSA) is 69.7 Å². The molecule has 0 saturated carbocycles. The normalized spacial score (nSPS) is 11.7. The molecule has 0 saturated heterocycles. The van der Waals surface area contributed by atoms with E-state index >= 15 is 0 Å². The molecule has 0 aromatic heterocycles. The zero-order valence-electron chi connectivity index (χ0n) is 10.7. The summed E-state index contributed by atoms with van der Waals surface area (Å²) in [5, 5.41) is 0. The SMILES string of the molecule is CCCCC(=O)C[C@@H](CC(=O)OC)C(=O)OC. The van der Waals surface area contributed by atoms with E-state index in [1.54, 1.807) is 0 Å². The van der Waals surface area contributed by atoms with Crippen molar-refractivity contribution >= 4 is 17.7 Å². The smallest absolute Gasteiger partial charge is 0.309 e. The first-order chi connectivity index (χ1) is 8.04. The molecule has 1 atom stereocenters. The lowest BCUT2D eigenvalue weighted by Gasteiger charge is -2.12. The Morgan fingerprint density at radius 2 is 1.71 bits per heavy atom. The highest BCUT2D eigenvalue weighted by Gasteiger charge is 2.25. The number of rotatable bonds is 8. The molecule has 98 valence electrons. The Labute approximate surface area is 101 Å². The monoisotopic (exact) mass is 244 g/mol. The average molecular weight is 244 g/mol. The van der Waals surface area contributed by atoms with Gasteiger partial charge in [0.1, 0.15) is 5.78 Å². The summed E-state index contributed by atoms with van der Waals surface area (Å²) in [6.07, 6.45) is 2.09. The van der Waals surface area contributed by atoms with Crippen molar-refractivity contribution in [3.8, 4) is 0 Å². The zero-order chi connectivity index (χ0) is 13.3. The molecule has 0 spiro atoms. The number of ether oxygens (including phenoxy) is 2. The lowest BCUT2D eigenvalue weighted by molar-refractivity contribution is -0.153. The maximum absolute atomic E-state index is 11.5. The number of Topliss-reactive ketones (excluding diaryl/α,β-unsaturated/α-hetero) is 1. The zero-order valence-corrected chi connectivity index (χ0v) is 10.7. The Hall–Kier alpha value is -1.39. The van der Waals surface area contributed by atoms with Crippen LogP contribution in [0.25, 0.3) is 0 Å². The number of carbonyl (C=O) groups excluding carboxylic acids is 3. The summed E-state index contributed by atoms with van der Waals surface area (Å²) >= 11 is 0. The molecule has 0 aliphatic heterocycles. The number of unbranched alkanes of at least 4 members (excludes halogenated alkanes) is 1. The van der Waals surface area contributed by atoms with Crippen LogP contribution >= 0.6 is 0 Å². The first kappa shape index (κ1) is 15.6. The van der Waals surface area contributed by atoms with Crippen molar-refractivity contribution in [3.05, 3.63) is 0 Å². The number of ketones is 1. The second-order valence-corrected chi connectivity index (χ2v) is 3.85. The molecular formula is C12H20O5. The van der Waals surface area contributed by atoms with Crippen molar-refractivity contribution in [2.75, 3.05) is 14.2 Å². The Bertz CT molecular complexity index is 272. The molecule has 5 nitrogen and oxygen atoms in total. The molecule has 0 bridgehead atoms. The highest BCUT2D eigenvalue weighted by Crippen LogP contribution is 2.14. The lowest BCUT2D eigenvalue weighted by Crippen LogP contribution is -2.23. The van der Waals surface area contributed by atoms with Crippen LogP contribution in [0, 0.1) is 5.92 Å². The number of carbonyl (C=O) groups is 3. The van der Waals surface area contributed by atoms with Gasteiger partial charge in [-0.1, -0.05) is 13.3 Å². The summed E-state index contributed by atoms with van der Waals surface area (Å²) in [7, 11) is 2.48. The molecule has 0 aromatic carbocycles. The van der Waals surface area contributed by atoms with E-state index in [0.717, 1.165) is 12.8 Å². The molecule has 5 heteroatoms. The molecule has 0 fully saturated rings. The van der Waals surface area contributed by atoms with E-state index in [9.17, 15) is 14.4 Å². The lowest BCUT2D eigenvalue weighted by atomic mass is 9.96. The fourth-order valence-corrected chi connectivity index (χ4v) is 1.44. The van der Waals surface area contributed by atoms with Gasteiger partial charge in [0.2, 0.25) is 0 Å². The van der Waals surface area contributed by atoms with Gasteiger partial charge in [0, 0.05) is 12.8 Å². The Morgan fingerprint density at radius 1 is 1.06 bits per heavy atom. The van der Waals surface area contributed by atoms with Crippen LogP contribution in [-0.2, 0) is 23.9 Å². The van der Waals surface area contributed by atoms with Gasteiger partial charge in [-0.3, -0.25) is 14.4 Å². The maximum atomic E-state index is 11.5. The summed E-state index contributed by atoms with van der Waals surface area (Å²) in [5.41, 5.74) is 0. The highest BCUT2D eigenvalue weighted by molar-refractivity contribution is 5.87. The third kappa shape index (κ3) is 6.71. The molecule has 0 aliphatic carbocycles. The van der Waals surface area contributed by atoms with Crippen molar-refractivity contribution < 1.29 is 23.9 Å². The van der Waals surface area contributed by atoms with Gasteiger partial charge < -0.3 is 9.47 Å². The molecule has 0 radical (unpaired) electrons. The Morgan fingerprint density at radius 3 is 2.18 bits per heavy atom. The number of esters is 2. The summed E-state index contributed by atoms with van der Waals surface area (Å²) in [4.78, 5) is 34.0. The van der Waals surface area contributed by atoms with Crippen molar-refractivity contribution in [3.63, 3.8) is 0 Å². The second kappa shape index (κ2) is 8.73. The van der Waals surface area contributed by atoms with Gasteiger partial charge in [-0.2, -0.15) is 0 Å². The van der Waals surface area contributed by atoms with Crippen LogP contribution in [0.1, 0.15) is 39.0 Å². The molecule has 0 amide bonds. The van der Waals surface area contributed by atoms with Crippen LogP contribution in [0.3, 0.4) is 0 Å². The third-order valence-electron chi connectivity index (χ3n) is 2.46. The Kier molecular flexibility index (Phi) is 8.01. The minimum absolute atomic E-state index is 0.0221. The molecular weight excluding hydrogens is 224 g/mol. The van der Waals surface area contributed by atoms with Crippen LogP contribution in [0.2, 0.25) is 0 Å². The Balaban J connectivity index is 4.33. The first-order valence-corrected chi connectivity index (χ1v) is 5.71. The van der Waals surface area contributed by atoms with Crippen molar-refractivity contribution in [1.29, 1.82) is 0 Å². The van der Waals surface area contributed by atoms with E-state index in [-0.39, 0.29) is 18.6 Å². The minimum atomic E-state index is -0.725. The molecule has 0 rings (SSSR count). The van der Waals surface area contributed by atoms with Crippen molar-refractivity contribution in [2.45, 2.75) is 39.0 Å². The van der Waals surface area contributed by atoms with Gasteiger partial charge in [-0.05, 0) is 6.42 Å². The highest BCUT2D eigenvalue weighted by atomic mass is 16.5. The molecule has 0 aliphatic rings. The van der Waals surface area contributed by atoms with Crippen LogP contribution in [-0.4, -0.2) is 31.9 Å². The number of hydrogen-bond donors (Lipinski definition) is 0. The summed E-state index contributed by atoms with van der Waals surface area (Å²) in [6.45, 7) is 1.99. The van der Waals surface area contributed by atoms with Gasteiger partial charge in [0.05, 0.1) is 26.6 Å². The fraction of sp³-hybridized carbons (Fsp3) is 0.750. The second-order valence-electron chi connectivity index (χ2n) is 3.85. The number of methoxy groups -OCH3 is 2. The van der Waals surface area contributed by atoms with Crippen molar-refractivity contribution in [2.24, 2.45) is 5.92 Å². The first-order valence-electron chi connectivity index (χ1n) is 5.71. The van der Waals surface area contributed by atoms with Crippen LogP contribution < -0.4 is 0 Å². The molecule has 0 N–H and O–H groups in total. The molecule has 0 aromatic rings. The maximum Gasteiger partial charge on any atom is 0.309 e. The van der Waals surface area contributed by atoms with E-state index in [1.165, 1.54) is 14.2 Å². The third-order valence-corrected chi connectivity index (χ3v) is 2.46. The predicted molar refractivity (Wildman–Crippen MR) is 61.3 cm³/mol. The fourth-order valence-electron chi connectivity index (χ4n) is 1.44. The summed E-state index contributed by atoms with van der Waals surface area (Å²) in [6, 6.07) is 0. The van der Waals surface area contributed by atoms with Gasteiger partial charge >= 0.3 is 11.9 Å².